The van der Waals surface area contributed by atoms with Gasteiger partial charge in [-0.15, -0.1) is 0 Å². The van der Waals surface area contributed by atoms with Crippen LogP contribution < -0.4 is 14.8 Å². The minimum Gasteiger partial charge on any atom is -0.485 e. The van der Waals surface area contributed by atoms with E-state index in [9.17, 15) is 9.59 Å². The topological polar surface area (TPSA) is 123 Å². The highest BCUT2D eigenvalue weighted by Gasteiger charge is 2.35. The van der Waals surface area contributed by atoms with Gasteiger partial charge < -0.3 is 14.8 Å². The van der Waals surface area contributed by atoms with E-state index < -0.39 is 23.8 Å². The van der Waals surface area contributed by atoms with Crippen molar-refractivity contribution in [3.8, 4) is 11.5 Å². The second-order valence-corrected chi connectivity index (χ2v) is 6.92. The summed E-state index contributed by atoms with van der Waals surface area (Å²) in [5.41, 5.74) is 0.616. The van der Waals surface area contributed by atoms with E-state index in [1.807, 2.05) is 6.07 Å². The summed E-state index contributed by atoms with van der Waals surface area (Å²) in [7, 11) is 1.70. The van der Waals surface area contributed by atoms with E-state index in [-0.39, 0.29) is 12.6 Å². The average molecular weight is 407 g/mol. The Hall–Kier alpha value is -4.02. The van der Waals surface area contributed by atoms with Crippen LogP contribution in [-0.2, 0) is 9.59 Å². The number of para-hydroxylation sites is 2. The summed E-state index contributed by atoms with van der Waals surface area (Å²) in [4.78, 5) is 33.6. The van der Waals surface area contributed by atoms with E-state index >= 15 is 0 Å². The molecule has 1 aromatic carbocycles. The number of rotatable bonds is 2. The molecule has 2 amide bonds. The largest absolute Gasteiger partial charge is 0.485 e. The van der Waals surface area contributed by atoms with Gasteiger partial charge in [-0.25, -0.2) is 0 Å². The fraction of sp³-hybridized carbons (Fsp3) is 0.263. The molecule has 1 N–H and O–H groups in total. The van der Waals surface area contributed by atoms with Gasteiger partial charge in [-0.1, -0.05) is 12.1 Å². The van der Waals surface area contributed by atoms with Crippen LogP contribution in [0.15, 0.2) is 45.4 Å². The minimum atomic E-state index is -0.844. The van der Waals surface area contributed by atoms with Gasteiger partial charge in [-0.05, 0) is 19.1 Å². The molecule has 0 saturated carbocycles. The lowest BCUT2D eigenvalue weighted by Gasteiger charge is -2.25. The zero-order valence-electron chi connectivity index (χ0n) is 16.1. The lowest BCUT2D eigenvalue weighted by Crippen LogP contribution is -2.41. The summed E-state index contributed by atoms with van der Waals surface area (Å²) in [5, 5.41) is 12.7. The molecule has 5 rings (SSSR count). The number of nitrogens with one attached hydrogen (secondary N) is 1. The fourth-order valence-electron chi connectivity index (χ4n) is 3.30. The Morgan fingerprint density at radius 3 is 2.87 bits per heavy atom. The number of hydrogen-bond acceptors (Lipinski definition) is 8. The smallest absolute Gasteiger partial charge is 0.270 e. The molecule has 2 unspecified atom stereocenters. The Bertz CT molecular complexity index is 1150. The third-order valence-electron chi connectivity index (χ3n) is 4.76. The Kier molecular flexibility index (Phi) is 4.09. The summed E-state index contributed by atoms with van der Waals surface area (Å²) in [6.45, 7) is 1.83. The van der Waals surface area contributed by atoms with Crippen molar-refractivity contribution in [3.63, 3.8) is 0 Å². The van der Waals surface area contributed by atoms with E-state index in [1.54, 1.807) is 38.2 Å². The molecule has 0 saturated heterocycles. The van der Waals surface area contributed by atoms with E-state index in [0.29, 0.717) is 28.8 Å². The van der Waals surface area contributed by atoms with Gasteiger partial charge in [0.25, 0.3) is 17.8 Å². The average Bonchev–Trinajstić information content (AvgIpc) is 3.30. The second kappa shape index (κ2) is 6.79. The standard InChI is InChI=1S/C19H17N7O4/c1-10-7-15(21-18(28)14-9-29-12-5-3-4-6-13(12)30-14)26(24-10)19-22-16-11(17(27)23-19)8-20-25(16)2/h3-8,11,14H,9H2,1-2H3,(H,21,28). The molecule has 2 aromatic rings. The van der Waals surface area contributed by atoms with Gasteiger partial charge in [0.15, 0.2) is 11.5 Å². The number of anilines is 1. The molecule has 0 aliphatic carbocycles. The number of amides is 2. The van der Waals surface area contributed by atoms with Gasteiger partial charge in [0.2, 0.25) is 6.10 Å². The number of aliphatic imine (C=N–C) groups is 2. The van der Waals surface area contributed by atoms with Gasteiger partial charge in [-0.3, -0.25) is 14.6 Å². The number of aromatic nitrogens is 2. The number of hydrazone groups is 1. The van der Waals surface area contributed by atoms with Gasteiger partial charge in [-0.2, -0.15) is 24.9 Å². The summed E-state index contributed by atoms with van der Waals surface area (Å²) in [5.74, 6) is 0.504. The maximum atomic E-state index is 12.8. The first-order valence-electron chi connectivity index (χ1n) is 9.25. The predicted molar refractivity (Wildman–Crippen MR) is 107 cm³/mol. The van der Waals surface area contributed by atoms with Gasteiger partial charge in [0.1, 0.15) is 24.2 Å². The molecule has 11 heteroatoms. The quantitative estimate of drug-likeness (QED) is 0.780. The zero-order valence-corrected chi connectivity index (χ0v) is 16.1. The highest BCUT2D eigenvalue weighted by molar-refractivity contribution is 6.24. The number of amidine groups is 1. The Balaban J connectivity index is 1.39. The third kappa shape index (κ3) is 3.00. The SMILES string of the molecule is Cc1cc(NC(=O)C2COc3ccccc3O2)n(C2=NC(=O)C3C=NN(C)C3=N2)n1. The highest BCUT2D eigenvalue weighted by atomic mass is 16.6. The van der Waals surface area contributed by atoms with Gasteiger partial charge in [0, 0.05) is 19.3 Å². The van der Waals surface area contributed by atoms with Crippen LogP contribution in [-0.4, -0.2) is 64.4 Å². The van der Waals surface area contributed by atoms with Crippen LogP contribution in [0.4, 0.5) is 5.82 Å². The van der Waals surface area contributed by atoms with Crippen LogP contribution in [0.5, 0.6) is 11.5 Å². The van der Waals surface area contributed by atoms with Crippen molar-refractivity contribution in [2.75, 3.05) is 19.0 Å². The van der Waals surface area contributed by atoms with Crippen LogP contribution >= 0.6 is 0 Å². The van der Waals surface area contributed by atoms with Crippen molar-refractivity contribution in [3.05, 3.63) is 36.0 Å². The molecule has 11 nitrogen and oxygen atoms in total. The summed E-state index contributed by atoms with van der Waals surface area (Å²) >= 11 is 0. The molecule has 1 aromatic heterocycles. The summed E-state index contributed by atoms with van der Waals surface area (Å²) in [6, 6.07) is 8.79. The third-order valence-corrected chi connectivity index (χ3v) is 4.76. The summed E-state index contributed by atoms with van der Waals surface area (Å²) < 4.78 is 12.7. The molecule has 152 valence electrons. The van der Waals surface area contributed by atoms with Crippen molar-refractivity contribution < 1.29 is 19.1 Å². The molecule has 3 aliphatic rings. The number of carbonyl (C=O) groups excluding carboxylic acids is 2. The number of aryl methyl sites for hydroxylation is 1. The summed E-state index contributed by atoms with van der Waals surface area (Å²) in [6.07, 6.45) is 0.653. The first kappa shape index (κ1) is 18.0. The molecular weight excluding hydrogens is 390 g/mol. The molecule has 4 heterocycles. The predicted octanol–water partition coefficient (Wildman–Crippen LogP) is 0.660. The molecule has 0 fully saturated rings. The van der Waals surface area contributed by atoms with E-state index in [1.165, 1.54) is 15.9 Å². The van der Waals surface area contributed by atoms with Crippen molar-refractivity contribution in [2.24, 2.45) is 21.0 Å². The highest BCUT2D eigenvalue weighted by Crippen LogP contribution is 2.31. The van der Waals surface area contributed by atoms with Crippen molar-refractivity contribution in [1.29, 1.82) is 0 Å². The first-order chi connectivity index (χ1) is 14.5. The maximum absolute atomic E-state index is 12.8. The molecule has 0 radical (unpaired) electrons. The van der Waals surface area contributed by atoms with Gasteiger partial charge >= 0.3 is 0 Å². The number of benzene rings is 1. The Labute approximate surface area is 170 Å². The maximum Gasteiger partial charge on any atom is 0.270 e. The monoisotopic (exact) mass is 407 g/mol. The van der Waals surface area contributed by atoms with E-state index in [4.69, 9.17) is 9.47 Å². The van der Waals surface area contributed by atoms with E-state index in [0.717, 1.165) is 0 Å². The van der Waals surface area contributed by atoms with Crippen LogP contribution in [0.1, 0.15) is 5.69 Å². The molecule has 2 atom stereocenters. The van der Waals surface area contributed by atoms with Crippen molar-refractivity contribution in [2.45, 2.75) is 13.0 Å². The molecule has 0 bridgehead atoms. The second-order valence-electron chi connectivity index (χ2n) is 6.92. The normalized spacial score (nSPS) is 21.8. The number of fused-ring (bicyclic) bond motifs is 2. The number of ether oxygens (including phenoxy) is 2. The fourth-order valence-corrected chi connectivity index (χ4v) is 3.30. The number of hydrogen-bond donors (Lipinski definition) is 1. The number of carbonyl (C=O) groups is 2. The van der Waals surface area contributed by atoms with Crippen LogP contribution in [0.25, 0.3) is 0 Å². The van der Waals surface area contributed by atoms with Crippen LogP contribution in [0.3, 0.4) is 0 Å². The molecule has 3 aliphatic heterocycles. The molecule has 30 heavy (non-hydrogen) atoms. The Morgan fingerprint density at radius 1 is 1.23 bits per heavy atom. The number of nitrogens with zero attached hydrogens (tertiary/aromatic N) is 6. The van der Waals surface area contributed by atoms with Gasteiger partial charge in [0.05, 0.1) is 5.69 Å². The minimum absolute atomic E-state index is 0.0539. The van der Waals surface area contributed by atoms with Crippen molar-refractivity contribution in [1.82, 2.24) is 14.8 Å². The zero-order chi connectivity index (χ0) is 20.8. The molecular formula is C19H17N7O4. The van der Waals surface area contributed by atoms with Crippen LogP contribution in [0.2, 0.25) is 0 Å². The lowest BCUT2D eigenvalue weighted by atomic mass is 10.1. The first-order valence-corrected chi connectivity index (χ1v) is 9.25. The van der Waals surface area contributed by atoms with E-state index in [2.05, 4.69) is 25.5 Å². The Morgan fingerprint density at radius 2 is 2.03 bits per heavy atom. The molecule has 0 spiro atoms. The van der Waals surface area contributed by atoms with Crippen LogP contribution in [0, 0.1) is 12.8 Å². The lowest BCUT2D eigenvalue weighted by molar-refractivity contribution is -0.125. The van der Waals surface area contributed by atoms with Crippen molar-refractivity contribution >= 4 is 35.6 Å².